The van der Waals surface area contributed by atoms with Crippen molar-refractivity contribution in [2.24, 2.45) is 11.7 Å². The van der Waals surface area contributed by atoms with Crippen molar-refractivity contribution >= 4 is 17.1 Å². The van der Waals surface area contributed by atoms with Crippen molar-refractivity contribution < 1.29 is 4.92 Å². The molecule has 0 aliphatic heterocycles. The standard InChI is InChI=1S/C13H22N4O2/c1-9(2)7-13(3,8-14)16-10-4-5-12(17(18)19)11(15)6-10/h4-6,9,16H,7-8,14-15H2,1-3H3. The van der Waals surface area contributed by atoms with Gasteiger partial charge in [-0.15, -0.1) is 0 Å². The van der Waals surface area contributed by atoms with Crippen LogP contribution in [0.2, 0.25) is 0 Å². The first-order chi connectivity index (χ1) is 8.77. The maximum absolute atomic E-state index is 10.7. The predicted octanol–water partition coefficient (Wildman–Crippen LogP) is 2.35. The summed E-state index contributed by atoms with van der Waals surface area (Å²) in [5.74, 6) is 0.497. The van der Waals surface area contributed by atoms with Gasteiger partial charge in [0.25, 0.3) is 5.69 Å². The molecule has 0 bridgehead atoms. The van der Waals surface area contributed by atoms with Gasteiger partial charge in [-0.1, -0.05) is 13.8 Å². The molecule has 0 heterocycles. The average Bonchev–Trinajstić information content (AvgIpc) is 2.27. The van der Waals surface area contributed by atoms with Crippen LogP contribution in [0.5, 0.6) is 0 Å². The van der Waals surface area contributed by atoms with Crippen LogP contribution in [0.1, 0.15) is 27.2 Å². The molecule has 0 spiro atoms. The number of hydrogen-bond acceptors (Lipinski definition) is 5. The molecule has 0 aromatic heterocycles. The number of nitrogens with zero attached hydrogens (tertiary/aromatic N) is 1. The smallest absolute Gasteiger partial charge is 0.292 e. The number of anilines is 2. The quantitative estimate of drug-likeness (QED) is 0.416. The summed E-state index contributed by atoms with van der Waals surface area (Å²) in [5.41, 5.74) is 12.1. The number of nitrogen functional groups attached to an aromatic ring is 1. The van der Waals surface area contributed by atoms with Gasteiger partial charge in [0.05, 0.1) is 4.92 Å². The maximum Gasteiger partial charge on any atom is 0.292 e. The molecule has 0 amide bonds. The van der Waals surface area contributed by atoms with Crippen molar-refractivity contribution in [1.82, 2.24) is 0 Å². The summed E-state index contributed by atoms with van der Waals surface area (Å²) in [5, 5.41) is 14.0. The van der Waals surface area contributed by atoms with Crippen molar-refractivity contribution in [2.75, 3.05) is 17.6 Å². The molecule has 0 radical (unpaired) electrons. The summed E-state index contributed by atoms with van der Waals surface area (Å²) >= 11 is 0. The molecule has 0 saturated heterocycles. The van der Waals surface area contributed by atoms with Crippen LogP contribution in [0.4, 0.5) is 17.1 Å². The Bertz CT molecular complexity index is 462. The summed E-state index contributed by atoms with van der Waals surface area (Å²) in [6.07, 6.45) is 0.903. The zero-order valence-electron chi connectivity index (χ0n) is 11.6. The number of nitrogens with two attached hydrogens (primary N) is 2. The Hall–Kier alpha value is -1.82. The molecule has 1 aromatic rings. The highest BCUT2D eigenvalue weighted by Crippen LogP contribution is 2.28. The van der Waals surface area contributed by atoms with Gasteiger partial charge in [0.15, 0.2) is 0 Å². The molecule has 5 N–H and O–H groups in total. The highest BCUT2D eigenvalue weighted by Gasteiger charge is 2.24. The Labute approximate surface area is 113 Å². The van der Waals surface area contributed by atoms with Crippen LogP contribution < -0.4 is 16.8 Å². The lowest BCUT2D eigenvalue weighted by Crippen LogP contribution is -2.43. The molecule has 1 aromatic carbocycles. The number of hydrogen-bond donors (Lipinski definition) is 3. The van der Waals surface area contributed by atoms with Gasteiger partial charge in [0, 0.05) is 23.8 Å². The van der Waals surface area contributed by atoms with E-state index in [9.17, 15) is 10.1 Å². The first-order valence-electron chi connectivity index (χ1n) is 6.29. The Morgan fingerprint density at radius 1 is 1.47 bits per heavy atom. The summed E-state index contributed by atoms with van der Waals surface area (Å²) in [6.45, 7) is 6.76. The van der Waals surface area contributed by atoms with Gasteiger partial charge in [-0.2, -0.15) is 0 Å². The molecule has 6 nitrogen and oxygen atoms in total. The van der Waals surface area contributed by atoms with E-state index in [1.807, 2.05) is 6.92 Å². The topological polar surface area (TPSA) is 107 Å². The van der Waals surface area contributed by atoms with Crippen LogP contribution in [0.25, 0.3) is 0 Å². The zero-order chi connectivity index (χ0) is 14.6. The first kappa shape index (κ1) is 15.2. The third-order valence-corrected chi connectivity index (χ3v) is 2.98. The number of benzene rings is 1. The Kier molecular flexibility index (Phi) is 4.72. The van der Waals surface area contributed by atoms with Crippen LogP contribution >= 0.6 is 0 Å². The SMILES string of the molecule is CC(C)CC(C)(CN)Nc1ccc([N+](=O)[O-])c(N)c1. The van der Waals surface area contributed by atoms with E-state index in [0.717, 1.165) is 12.1 Å². The number of nitrogens with one attached hydrogen (secondary N) is 1. The summed E-state index contributed by atoms with van der Waals surface area (Å²) < 4.78 is 0. The highest BCUT2D eigenvalue weighted by molar-refractivity contribution is 5.66. The molecule has 0 fully saturated rings. The van der Waals surface area contributed by atoms with Crippen LogP contribution in [-0.2, 0) is 0 Å². The van der Waals surface area contributed by atoms with Crippen LogP contribution in [0.3, 0.4) is 0 Å². The van der Waals surface area contributed by atoms with E-state index in [-0.39, 0.29) is 16.9 Å². The van der Waals surface area contributed by atoms with E-state index in [1.54, 1.807) is 12.1 Å². The molecule has 106 valence electrons. The first-order valence-corrected chi connectivity index (χ1v) is 6.29. The highest BCUT2D eigenvalue weighted by atomic mass is 16.6. The molecule has 1 rings (SSSR count). The zero-order valence-corrected chi connectivity index (χ0v) is 11.6. The molecule has 1 atom stereocenters. The van der Waals surface area contributed by atoms with Gasteiger partial charge >= 0.3 is 0 Å². The summed E-state index contributed by atoms with van der Waals surface area (Å²) in [4.78, 5) is 10.2. The van der Waals surface area contributed by atoms with Crippen molar-refractivity contribution in [1.29, 1.82) is 0 Å². The Balaban J connectivity index is 2.92. The minimum absolute atomic E-state index is 0.0798. The van der Waals surface area contributed by atoms with E-state index in [0.29, 0.717) is 12.5 Å². The maximum atomic E-state index is 10.7. The van der Waals surface area contributed by atoms with Crippen LogP contribution in [0, 0.1) is 16.0 Å². The third kappa shape index (κ3) is 4.10. The van der Waals surface area contributed by atoms with E-state index in [1.165, 1.54) is 6.07 Å². The van der Waals surface area contributed by atoms with Crippen molar-refractivity contribution in [2.45, 2.75) is 32.7 Å². The van der Waals surface area contributed by atoms with Gasteiger partial charge in [-0.25, -0.2) is 0 Å². The second kappa shape index (κ2) is 5.88. The molecule has 1 unspecified atom stereocenters. The Morgan fingerprint density at radius 2 is 2.11 bits per heavy atom. The predicted molar refractivity (Wildman–Crippen MR) is 78.0 cm³/mol. The van der Waals surface area contributed by atoms with Crippen molar-refractivity contribution in [3.8, 4) is 0 Å². The van der Waals surface area contributed by atoms with E-state index >= 15 is 0 Å². The molecule has 19 heavy (non-hydrogen) atoms. The summed E-state index contributed by atoms with van der Waals surface area (Å²) in [6, 6.07) is 4.64. The minimum Gasteiger partial charge on any atom is -0.393 e. The van der Waals surface area contributed by atoms with Crippen molar-refractivity contribution in [3.63, 3.8) is 0 Å². The largest absolute Gasteiger partial charge is 0.393 e. The number of nitro groups is 1. The van der Waals surface area contributed by atoms with Crippen molar-refractivity contribution in [3.05, 3.63) is 28.3 Å². The van der Waals surface area contributed by atoms with Crippen LogP contribution in [-0.4, -0.2) is 17.0 Å². The lowest BCUT2D eigenvalue weighted by molar-refractivity contribution is -0.383. The van der Waals surface area contributed by atoms with Gasteiger partial charge in [0.1, 0.15) is 5.69 Å². The molecule has 0 aliphatic carbocycles. The van der Waals surface area contributed by atoms with Gasteiger partial charge in [-0.3, -0.25) is 10.1 Å². The molecule has 0 saturated carbocycles. The number of rotatable bonds is 6. The minimum atomic E-state index is -0.491. The lowest BCUT2D eigenvalue weighted by atomic mass is 9.90. The Morgan fingerprint density at radius 3 is 2.53 bits per heavy atom. The normalized spacial score (nSPS) is 14.2. The van der Waals surface area contributed by atoms with E-state index < -0.39 is 4.92 Å². The van der Waals surface area contributed by atoms with Gasteiger partial charge in [-0.05, 0) is 31.4 Å². The second-order valence-corrected chi connectivity index (χ2v) is 5.52. The van der Waals surface area contributed by atoms with E-state index in [2.05, 4.69) is 19.2 Å². The van der Waals surface area contributed by atoms with Gasteiger partial charge < -0.3 is 16.8 Å². The average molecular weight is 266 g/mol. The number of nitro benzene ring substituents is 1. The molecule has 6 heteroatoms. The fraction of sp³-hybridized carbons (Fsp3) is 0.538. The fourth-order valence-electron chi connectivity index (χ4n) is 2.23. The second-order valence-electron chi connectivity index (χ2n) is 5.52. The van der Waals surface area contributed by atoms with E-state index in [4.69, 9.17) is 11.5 Å². The summed E-state index contributed by atoms with van der Waals surface area (Å²) in [7, 11) is 0. The lowest BCUT2D eigenvalue weighted by Gasteiger charge is -2.32. The van der Waals surface area contributed by atoms with Gasteiger partial charge in [0.2, 0.25) is 0 Å². The molecular formula is C13H22N4O2. The molecule has 0 aliphatic rings. The third-order valence-electron chi connectivity index (χ3n) is 2.98. The molecular weight excluding hydrogens is 244 g/mol. The fourth-order valence-corrected chi connectivity index (χ4v) is 2.23. The monoisotopic (exact) mass is 266 g/mol. The van der Waals surface area contributed by atoms with Crippen LogP contribution in [0.15, 0.2) is 18.2 Å².